The molecule has 10 nitrogen and oxygen atoms in total. The lowest BCUT2D eigenvalue weighted by molar-refractivity contribution is -0.163. The molecule has 186 valence electrons. The third kappa shape index (κ3) is 4.85. The number of aliphatic carboxylic acids is 1. The molecule has 3 N–H and O–H groups in total. The molecule has 2 aliphatic heterocycles. The Kier molecular flexibility index (Phi) is 6.92. The number of benzene rings is 1. The Labute approximate surface area is 202 Å². The van der Waals surface area contributed by atoms with Crippen LogP contribution >= 0.6 is 11.8 Å². The molecule has 0 aromatic heterocycles. The van der Waals surface area contributed by atoms with E-state index in [4.69, 9.17) is 9.47 Å². The first-order chi connectivity index (χ1) is 15.7. The van der Waals surface area contributed by atoms with Gasteiger partial charge in [-0.05, 0) is 52.3 Å². The minimum Gasteiger partial charge on any atom is -0.508 e. The molecule has 11 heteroatoms. The molecular formula is C23H30N2O8S. The van der Waals surface area contributed by atoms with Gasteiger partial charge in [0.25, 0.3) is 0 Å². The number of aromatic hydroxyl groups is 1. The molecule has 2 heterocycles. The molecule has 2 fully saturated rings. The van der Waals surface area contributed by atoms with Crippen molar-refractivity contribution in [3.8, 4) is 5.75 Å². The summed E-state index contributed by atoms with van der Waals surface area (Å²) in [7, 11) is 1.45. The van der Waals surface area contributed by atoms with Crippen LogP contribution in [0.1, 0.15) is 51.7 Å². The van der Waals surface area contributed by atoms with Crippen LogP contribution in [0.4, 0.5) is 0 Å². The second-order valence-corrected chi connectivity index (χ2v) is 11.6. The quantitative estimate of drug-likeness (QED) is 0.293. The first kappa shape index (κ1) is 25.8. The fraction of sp³-hybridized carbons (Fsp3) is 0.565. The monoisotopic (exact) mass is 494 g/mol. The van der Waals surface area contributed by atoms with Gasteiger partial charge in [0.15, 0.2) is 5.92 Å². The molecule has 0 saturated carbocycles. The number of amides is 2. The van der Waals surface area contributed by atoms with Gasteiger partial charge in [-0.3, -0.25) is 14.4 Å². The van der Waals surface area contributed by atoms with Crippen molar-refractivity contribution >= 4 is 35.5 Å². The Balaban J connectivity index is 1.89. The van der Waals surface area contributed by atoms with Gasteiger partial charge in [-0.25, -0.2) is 4.79 Å². The van der Waals surface area contributed by atoms with E-state index in [1.807, 2.05) is 0 Å². The van der Waals surface area contributed by atoms with Crippen molar-refractivity contribution in [1.29, 1.82) is 0 Å². The molecule has 0 spiro atoms. The van der Waals surface area contributed by atoms with Crippen LogP contribution in [0.2, 0.25) is 0 Å². The average Bonchev–Trinajstić information content (AvgIpc) is 2.95. The van der Waals surface area contributed by atoms with Gasteiger partial charge in [0, 0.05) is 17.4 Å². The van der Waals surface area contributed by atoms with E-state index < -0.39 is 57.5 Å². The maximum absolute atomic E-state index is 13.3. The molecule has 4 atom stereocenters. The number of esters is 1. The summed E-state index contributed by atoms with van der Waals surface area (Å²) in [6.07, 6.45) is 0. The highest BCUT2D eigenvalue weighted by molar-refractivity contribution is 8.01. The van der Waals surface area contributed by atoms with Crippen molar-refractivity contribution < 1.29 is 38.9 Å². The van der Waals surface area contributed by atoms with E-state index in [0.717, 1.165) is 0 Å². The summed E-state index contributed by atoms with van der Waals surface area (Å²) in [4.78, 5) is 52.2. The van der Waals surface area contributed by atoms with Crippen molar-refractivity contribution in [2.75, 3.05) is 7.11 Å². The zero-order chi connectivity index (χ0) is 25.6. The van der Waals surface area contributed by atoms with E-state index in [1.54, 1.807) is 34.6 Å². The van der Waals surface area contributed by atoms with Gasteiger partial charge in [-0.15, -0.1) is 11.8 Å². The van der Waals surface area contributed by atoms with Gasteiger partial charge in [0.2, 0.25) is 11.8 Å². The van der Waals surface area contributed by atoms with Crippen LogP contribution < -0.4 is 5.32 Å². The first-order valence-corrected chi connectivity index (χ1v) is 11.6. The second kappa shape index (κ2) is 9.10. The van der Waals surface area contributed by atoms with Crippen LogP contribution in [0.3, 0.4) is 0 Å². The summed E-state index contributed by atoms with van der Waals surface area (Å²) in [6.45, 7) is 8.54. The van der Waals surface area contributed by atoms with Crippen LogP contribution in [-0.2, 0) is 35.3 Å². The molecule has 0 aliphatic carbocycles. The number of carboxylic acids is 1. The highest BCUT2D eigenvalue weighted by atomic mass is 32.2. The summed E-state index contributed by atoms with van der Waals surface area (Å²) in [5.41, 5.74) is -0.224. The number of rotatable bonds is 7. The van der Waals surface area contributed by atoms with Crippen molar-refractivity contribution in [2.45, 2.75) is 74.9 Å². The molecule has 3 rings (SSSR count). The van der Waals surface area contributed by atoms with Crippen molar-refractivity contribution in [2.24, 2.45) is 0 Å². The van der Waals surface area contributed by atoms with Crippen molar-refractivity contribution in [3.63, 3.8) is 0 Å². The van der Waals surface area contributed by atoms with Crippen LogP contribution in [0.25, 0.3) is 0 Å². The summed E-state index contributed by atoms with van der Waals surface area (Å²) in [5.74, 6) is -4.66. The number of hydrogen-bond donors (Lipinski definition) is 3. The SMILES string of the molecule is COCc1cc(C(C(=O)NC2C(=O)N3C2SC(C)(C)C3C(=O)O)C(=O)OC(C)(C)C)ccc1O. The number of carbonyl (C=O) groups is 4. The number of hydrogen-bond acceptors (Lipinski definition) is 8. The number of phenolic OH excluding ortho intramolecular Hbond substituents is 1. The number of ether oxygens (including phenoxy) is 2. The molecule has 2 amide bonds. The Morgan fingerprint density at radius 1 is 1.26 bits per heavy atom. The summed E-state index contributed by atoms with van der Waals surface area (Å²) >= 11 is 1.29. The molecule has 0 radical (unpaired) electrons. The van der Waals surface area contributed by atoms with Crippen molar-refractivity contribution in [3.05, 3.63) is 29.3 Å². The lowest BCUT2D eigenvalue weighted by atomic mass is 9.93. The fourth-order valence-electron chi connectivity index (χ4n) is 4.19. The highest BCUT2D eigenvalue weighted by Gasteiger charge is 2.64. The van der Waals surface area contributed by atoms with E-state index in [1.165, 1.54) is 42.0 Å². The largest absolute Gasteiger partial charge is 0.508 e. The Morgan fingerprint density at radius 2 is 1.91 bits per heavy atom. The smallest absolute Gasteiger partial charge is 0.327 e. The zero-order valence-electron chi connectivity index (χ0n) is 19.9. The zero-order valence-corrected chi connectivity index (χ0v) is 20.8. The van der Waals surface area contributed by atoms with Gasteiger partial charge in [-0.2, -0.15) is 0 Å². The highest BCUT2D eigenvalue weighted by Crippen LogP contribution is 2.50. The van der Waals surface area contributed by atoms with E-state index in [0.29, 0.717) is 5.56 Å². The molecule has 4 unspecified atom stereocenters. The first-order valence-electron chi connectivity index (χ1n) is 10.7. The van der Waals surface area contributed by atoms with Crippen LogP contribution in [0.5, 0.6) is 5.75 Å². The molecule has 1 aromatic rings. The molecule has 2 aliphatic rings. The normalized spacial score (nSPS) is 24.1. The fourth-order valence-corrected chi connectivity index (χ4v) is 5.82. The van der Waals surface area contributed by atoms with Gasteiger partial charge < -0.3 is 29.9 Å². The summed E-state index contributed by atoms with van der Waals surface area (Å²) in [6, 6.07) is 2.29. The number of nitrogens with one attached hydrogen (secondary N) is 1. The number of thioether (sulfide) groups is 1. The molecule has 34 heavy (non-hydrogen) atoms. The van der Waals surface area contributed by atoms with Gasteiger partial charge in [0.1, 0.15) is 28.8 Å². The third-order valence-corrected chi connectivity index (χ3v) is 7.19. The van der Waals surface area contributed by atoms with E-state index in [9.17, 15) is 29.4 Å². The number of β-lactam (4-membered cyclic amide) rings is 1. The summed E-state index contributed by atoms with van der Waals surface area (Å²) in [5, 5.41) is 21.7. The van der Waals surface area contributed by atoms with Gasteiger partial charge >= 0.3 is 11.9 Å². The Bertz CT molecular complexity index is 1020. The second-order valence-electron chi connectivity index (χ2n) is 9.87. The predicted molar refractivity (Wildman–Crippen MR) is 123 cm³/mol. The number of carboxylic acid groups (broad SMARTS) is 1. The number of phenols is 1. The number of fused-ring (bicyclic) bond motifs is 1. The van der Waals surface area contributed by atoms with Crippen molar-refractivity contribution in [1.82, 2.24) is 10.2 Å². The Hall–Kier alpha value is -2.79. The standard InChI is InChI=1S/C23H30N2O8S/c1-22(2,3)33-21(31)14(11-7-8-13(26)12(9-11)10-32-6)17(27)24-15-18(28)25-16(20(29)30)23(4,5)34-19(15)25/h7-9,14-16,19,26H,10H2,1-6H3,(H,24,27)(H,29,30). The molecule has 1 aromatic carbocycles. The molecule has 2 saturated heterocycles. The molecular weight excluding hydrogens is 464 g/mol. The maximum Gasteiger partial charge on any atom is 0.327 e. The third-order valence-electron chi connectivity index (χ3n) is 5.61. The lowest BCUT2D eigenvalue weighted by Gasteiger charge is -2.43. The maximum atomic E-state index is 13.3. The summed E-state index contributed by atoms with van der Waals surface area (Å²) < 4.78 is 9.78. The topological polar surface area (TPSA) is 142 Å². The van der Waals surface area contributed by atoms with Gasteiger partial charge in [-0.1, -0.05) is 6.07 Å². The van der Waals surface area contributed by atoms with Crippen LogP contribution in [-0.4, -0.2) is 73.8 Å². The van der Waals surface area contributed by atoms with Crippen LogP contribution in [0, 0.1) is 0 Å². The van der Waals surface area contributed by atoms with Gasteiger partial charge in [0.05, 0.1) is 6.61 Å². The minimum atomic E-state index is -1.41. The lowest BCUT2D eigenvalue weighted by Crippen LogP contribution is -2.71. The molecule has 0 bridgehead atoms. The van der Waals surface area contributed by atoms with E-state index in [-0.39, 0.29) is 17.9 Å². The Morgan fingerprint density at radius 3 is 2.47 bits per heavy atom. The number of carbonyl (C=O) groups excluding carboxylic acids is 3. The average molecular weight is 495 g/mol. The predicted octanol–water partition coefficient (Wildman–Crippen LogP) is 1.60. The number of nitrogens with zero attached hydrogens (tertiary/aromatic N) is 1. The van der Waals surface area contributed by atoms with Crippen LogP contribution in [0.15, 0.2) is 18.2 Å². The van der Waals surface area contributed by atoms with E-state index >= 15 is 0 Å². The minimum absolute atomic E-state index is 0.0527. The number of methoxy groups -OCH3 is 1. The van der Waals surface area contributed by atoms with E-state index in [2.05, 4.69) is 5.32 Å².